The number of carbonyl (C=O) groups is 1. The van der Waals surface area contributed by atoms with E-state index in [0.717, 1.165) is 17.5 Å². The second-order valence-corrected chi connectivity index (χ2v) is 8.92. The van der Waals surface area contributed by atoms with E-state index in [0.29, 0.717) is 29.7 Å². The van der Waals surface area contributed by atoms with Gasteiger partial charge in [-0.1, -0.05) is 41.4 Å². The Bertz CT molecular complexity index is 1230. The molecule has 4 rings (SSSR count). The molecule has 1 aliphatic rings. The van der Waals surface area contributed by atoms with Crippen LogP contribution in [0.2, 0.25) is 5.02 Å². The van der Waals surface area contributed by atoms with E-state index in [1.807, 2.05) is 26.0 Å². The highest BCUT2D eigenvalue weighted by molar-refractivity contribution is 6.30. The van der Waals surface area contributed by atoms with Crippen LogP contribution in [0.1, 0.15) is 51.7 Å². The zero-order valence-electron chi connectivity index (χ0n) is 18.6. The highest BCUT2D eigenvalue weighted by Crippen LogP contribution is 2.34. The maximum absolute atomic E-state index is 15.6. The summed E-state index contributed by atoms with van der Waals surface area (Å²) in [4.78, 5) is 13.2. The Kier molecular flexibility index (Phi) is 6.34. The first-order valence-corrected chi connectivity index (χ1v) is 11.1. The Morgan fingerprint density at radius 1 is 1.21 bits per heavy atom. The number of aromatic nitrogens is 2. The quantitative estimate of drug-likeness (QED) is 0.495. The number of hydrogen-bond donors (Lipinski definition) is 1. The number of rotatable bonds is 6. The molecular weight excluding hydrogens is 448 g/mol. The van der Waals surface area contributed by atoms with Gasteiger partial charge in [0.15, 0.2) is 17.2 Å². The summed E-state index contributed by atoms with van der Waals surface area (Å²) < 4.78 is 35.6. The minimum Gasteiger partial charge on any atom is -0.434 e. The molecule has 8 heteroatoms. The van der Waals surface area contributed by atoms with Gasteiger partial charge in [-0.15, -0.1) is 5.10 Å². The van der Waals surface area contributed by atoms with Gasteiger partial charge in [0.2, 0.25) is 0 Å². The van der Waals surface area contributed by atoms with Crippen molar-refractivity contribution in [3.05, 3.63) is 80.7 Å². The van der Waals surface area contributed by atoms with Crippen LogP contribution in [0.15, 0.2) is 36.4 Å². The Hall–Kier alpha value is -3.06. The van der Waals surface area contributed by atoms with Gasteiger partial charge in [0.25, 0.3) is 11.8 Å². The number of hydrogen-bond acceptors (Lipinski definition) is 4. The lowest BCUT2D eigenvalue weighted by Gasteiger charge is -2.24. The van der Waals surface area contributed by atoms with Crippen molar-refractivity contribution in [1.82, 2.24) is 15.5 Å². The summed E-state index contributed by atoms with van der Waals surface area (Å²) in [5.74, 6) is -1.62. The van der Waals surface area contributed by atoms with E-state index in [2.05, 4.69) is 15.5 Å². The van der Waals surface area contributed by atoms with Crippen LogP contribution < -0.4 is 10.1 Å². The predicted octanol–water partition coefficient (Wildman–Crippen LogP) is 5.78. The number of ether oxygens (including phenoxy) is 1. The van der Waals surface area contributed by atoms with E-state index < -0.39 is 17.4 Å². The second-order valence-electron chi connectivity index (χ2n) is 8.51. The number of aryl methyl sites for hydroxylation is 3. The van der Waals surface area contributed by atoms with Gasteiger partial charge in [-0.2, -0.15) is 5.10 Å². The molecule has 0 saturated carbocycles. The van der Waals surface area contributed by atoms with E-state index >= 15 is 4.39 Å². The maximum Gasteiger partial charge on any atom is 0.257 e. The first-order valence-electron chi connectivity index (χ1n) is 10.7. The number of alkyl halides is 1. The smallest absolute Gasteiger partial charge is 0.257 e. The van der Waals surface area contributed by atoms with Crippen LogP contribution >= 0.6 is 11.6 Å². The second kappa shape index (κ2) is 9.06. The third-order valence-corrected chi connectivity index (χ3v) is 6.13. The topological polar surface area (TPSA) is 64.1 Å². The summed E-state index contributed by atoms with van der Waals surface area (Å²) in [6.45, 7) is 4.96. The van der Waals surface area contributed by atoms with Gasteiger partial charge in [0.1, 0.15) is 5.56 Å². The molecule has 1 heterocycles. The van der Waals surface area contributed by atoms with Crippen LogP contribution in [0, 0.1) is 19.7 Å². The molecule has 1 N–H and O–H groups in total. The fourth-order valence-corrected chi connectivity index (χ4v) is 4.36. The fourth-order valence-electron chi connectivity index (χ4n) is 4.19. The van der Waals surface area contributed by atoms with E-state index in [9.17, 15) is 9.18 Å². The molecule has 1 atom stereocenters. The number of benzene rings is 2. The van der Waals surface area contributed by atoms with Gasteiger partial charge in [-0.05, 0) is 68.9 Å². The Labute approximate surface area is 196 Å². The monoisotopic (exact) mass is 471 g/mol. The lowest BCUT2D eigenvalue weighted by atomic mass is 9.92. The summed E-state index contributed by atoms with van der Waals surface area (Å²) >= 11 is 5.84. The van der Waals surface area contributed by atoms with Gasteiger partial charge in [-0.25, -0.2) is 8.78 Å². The van der Waals surface area contributed by atoms with Crippen LogP contribution in [0.4, 0.5) is 8.78 Å². The number of fused-ring (bicyclic) bond motifs is 1. The molecule has 172 valence electrons. The third-order valence-electron chi connectivity index (χ3n) is 5.84. The third kappa shape index (κ3) is 4.69. The lowest BCUT2D eigenvalue weighted by molar-refractivity contribution is 0.0905. The molecule has 1 aliphatic carbocycles. The molecule has 1 unspecified atom stereocenters. The van der Waals surface area contributed by atoms with Crippen molar-refractivity contribution in [2.24, 2.45) is 0 Å². The summed E-state index contributed by atoms with van der Waals surface area (Å²) in [6.07, 6.45) is 2.09. The molecule has 0 saturated heterocycles. The van der Waals surface area contributed by atoms with E-state index in [1.54, 1.807) is 6.07 Å². The number of halogens is 3. The minimum absolute atomic E-state index is 0.116. The molecule has 1 aromatic heterocycles. The molecule has 3 aromatic rings. The van der Waals surface area contributed by atoms with Crippen LogP contribution in [0.25, 0.3) is 0 Å². The first-order chi connectivity index (χ1) is 15.7. The fraction of sp³-hybridized carbons (Fsp3) is 0.320. The molecule has 0 radical (unpaired) electrons. The van der Waals surface area contributed by atoms with Crippen LogP contribution in [-0.4, -0.2) is 22.6 Å². The zero-order valence-corrected chi connectivity index (χ0v) is 19.4. The van der Waals surface area contributed by atoms with Gasteiger partial charge in [0.05, 0.1) is 17.3 Å². The average Bonchev–Trinajstić information content (AvgIpc) is 3.23. The van der Waals surface area contributed by atoms with Crippen molar-refractivity contribution in [3.63, 3.8) is 0 Å². The van der Waals surface area contributed by atoms with Crippen molar-refractivity contribution in [2.45, 2.75) is 45.7 Å². The lowest BCUT2D eigenvalue weighted by Crippen LogP contribution is -2.37. The highest BCUT2D eigenvalue weighted by Gasteiger charge is 2.31. The summed E-state index contributed by atoms with van der Waals surface area (Å²) in [6, 6.07) is 9.78. The molecule has 1 amide bonds. The molecule has 0 bridgehead atoms. The SMILES string of the molecule is Cc1ccc(C(C)(F)CNC(=O)c2c(Oc3cccc(Cl)c3F)nnc3c2CCC3)c(C)c1. The number of nitrogens with zero attached hydrogens (tertiary/aromatic N) is 2. The Morgan fingerprint density at radius 2 is 2.00 bits per heavy atom. The average molecular weight is 472 g/mol. The molecule has 0 aliphatic heterocycles. The Balaban J connectivity index is 1.63. The van der Waals surface area contributed by atoms with E-state index in [-0.39, 0.29) is 28.8 Å². The molecule has 5 nitrogen and oxygen atoms in total. The Morgan fingerprint density at radius 3 is 2.76 bits per heavy atom. The normalized spacial score (nSPS) is 14.5. The van der Waals surface area contributed by atoms with E-state index in [4.69, 9.17) is 16.3 Å². The van der Waals surface area contributed by atoms with Crippen molar-refractivity contribution in [2.75, 3.05) is 6.54 Å². The van der Waals surface area contributed by atoms with E-state index in [1.165, 1.54) is 25.1 Å². The van der Waals surface area contributed by atoms with Crippen molar-refractivity contribution in [1.29, 1.82) is 0 Å². The van der Waals surface area contributed by atoms with Crippen molar-refractivity contribution >= 4 is 17.5 Å². The summed E-state index contributed by atoms with van der Waals surface area (Å²) in [5.41, 5.74) is 2.07. The zero-order chi connectivity index (χ0) is 23.8. The molecule has 0 fully saturated rings. The molecule has 2 aromatic carbocycles. The van der Waals surface area contributed by atoms with Crippen LogP contribution in [-0.2, 0) is 18.5 Å². The van der Waals surface area contributed by atoms with Crippen molar-refractivity contribution in [3.8, 4) is 11.6 Å². The summed E-state index contributed by atoms with van der Waals surface area (Å²) in [5, 5.41) is 10.7. The highest BCUT2D eigenvalue weighted by atomic mass is 35.5. The van der Waals surface area contributed by atoms with Gasteiger partial charge in [0, 0.05) is 0 Å². The number of nitrogens with one attached hydrogen (secondary N) is 1. The maximum atomic E-state index is 15.6. The van der Waals surface area contributed by atoms with Gasteiger partial charge in [-0.3, -0.25) is 4.79 Å². The minimum atomic E-state index is -1.79. The van der Waals surface area contributed by atoms with Crippen molar-refractivity contribution < 1.29 is 18.3 Å². The summed E-state index contributed by atoms with van der Waals surface area (Å²) in [7, 11) is 0. The standard InChI is InChI=1S/C25H24ClF2N3O2/c1-14-10-11-17(15(2)12-14)25(3,28)13-29-23(32)21-16-6-4-8-19(16)30-31-24(21)33-20-9-5-7-18(26)22(20)27/h5,7,9-12H,4,6,8,13H2,1-3H3,(H,29,32). The van der Waals surface area contributed by atoms with Crippen LogP contribution in [0.3, 0.4) is 0 Å². The predicted molar refractivity (Wildman–Crippen MR) is 122 cm³/mol. The number of amides is 1. The van der Waals surface area contributed by atoms with Gasteiger partial charge < -0.3 is 10.1 Å². The number of carbonyl (C=O) groups excluding carboxylic acids is 1. The molecule has 33 heavy (non-hydrogen) atoms. The molecule has 0 spiro atoms. The molecular formula is C25H24ClF2N3O2. The van der Waals surface area contributed by atoms with Crippen LogP contribution in [0.5, 0.6) is 11.6 Å². The largest absolute Gasteiger partial charge is 0.434 e. The van der Waals surface area contributed by atoms with Gasteiger partial charge >= 0.3 is 0 Å². The first kappa shape index (κ1) is 23.1.